The van der Waals surface area contributed by atoms with E-state index in [9.17, 15) is 12.8 Å². The summed E-state index contributed by atoms with van der Waals surface area (Å²) in [7, 11) is -2.61. The smallest absolute Gasteiger partial charge is 0.267 e. The van der Waals surface area contributed by atoms with Gasteiger partial charge in [-0.15, -0.1) is 0 Å². The molecule has 0 unspecified atom stereocenters. The van der Waals surface area contributed by atoms with Gasteiger partial charge in [-0.3, -0.25) is 4.31 Å². The van der Waals surface area contributed by atoms with Gasteiger partial charge in [-0.1, -0.05) is 39.1 Å². The van der Waals surface area contributed by atoms with E-state index in [2.05, 4.69) is 15.9 Å². The second-order valence-electron chi connectivity index (χ2n) is 4.15. The summed E-state index contributed by atoms with van der Waals surface area (Å²) in [4.78, 5) is -0.194. The molecule has 2 aromatic carbocycles. The summed E-state index contributed by atoms with van der Waals surface area (Å²) in [5.41, 5.74) is 0.298. The average molecular weight is 413 g/mol. The topological polar surface area (TPSA) is 37.4 Å². The molecule has 0 spiro atoms. The zero-order valence-corrected chi connectivity index (χ0v) is 14.6. The van der Waals surface area contributed by atoms with Crippen LogP contribution in [0, 0.1) is 5.82 Å². The van der Waals surface area contributed by atoms with E-state index in [0.29, 0.717) is 10.2 Å². The van der Waals surface area contributed by atoms with Gasteiger partial charge in [0.05, 0.1) is 15.7 Å². The van der Waals surface area contributed by atoms with E-state index in [1.54, 1.807) is 0 Å². The van der Waals surface area contributed by atoms with E-state index in [0.717, 1.165) is 4.31 Å². The Hall–Kier alpha value is -0.820. The van der Waals surface area contributed by atoms with E-state index < -0.39 is 15.8 Å². The van der Waals surface area contributed by atoms with Crippen LogP contribution in [0.15, 0.2) is 45.8 Å². The number of anilines is 1. The molecule has 0 atom stereocenters. The molecule has 0 N–H and O–H groups in total. The summed E-state index contributed by atoms with van der Waals surface area (Å²) in [5, 5.41) is 0.00618. The molecule has 0 aliphatic carbocycles. The molecule has 3 nitrogen and oxygen atoms in total. The molecule has 0 aliphatic heterocycles. The third-order valence-corrected chi connectivity index (χ3v) is 5.94. The molecular weight excluding hydrogens is 404 g/mol. The van der Waals surface area contributed by atoms with E-state index in [4.69, 9.17) is 23.2 Å². The second-order valence-corrected chi connectivity index (χ2v) is 7.78. The summed E-state index contributed by atoms with van der Waals surface area (Å²) in [5.74, 6) is -0.454. The van der Waals surface area contributed by atoms with Crippen molar-refractivity contribution in [3.05, 3.63) is 56.7 Å². The van der Waals surface area contributed by atoms with Crippen molar-refractivity contribution in [2.45, 2.75) is 4.90 Å². The highest BCUT2D eigenvalue weighted by atomic mass is 79.9. The lowest BCUT2D eigenvalue weighted by Gasteiger charge is -2.21. The first-order chi connectivity index (χ1) is 9.73. The molecule has 8 heteroatoms. The molecule has 21 heavy (non-hydrogen) atoms. The standard InChI is InChI=1S/C13H9BrCl2FNO2S/c1-18(10-4-2-9(17)3-5-10)21(19,20)13-11(15)6-8(14)7-12(13)16/h2-7H,1H3. The van der Waals surface area contributed by atoms with Crippen molar-refractivity contribution in [1.29, 1.82) is 0 Å². The van der Waals surface area contributed by atoms with Gasteiger partial charge < -0.3 is 0 Å². The summed E-state index contributed by atoms with van der Waals surface area (Å²) >= 11 is 15.2. The van der Waals surface area contributed by atoms with Crippen molar-refractivity contribution in [2.75, 3.05) is 11.4 Å². The second kappa shape index (κ2) is 6.12. The Morgan fingerprint density at radius 3 is 2.05 bits per heavy atom. The number of nitrogens with zero attached hydrogens (tertiary/aromatic N) is 1. The maximum Gasteiger partial charge on any atom is 0.267 e. The number of halogens is 4. The Bertz CT molecular complexity index is 758. The lowest BCUT2D eigenvalue weighted by Crippen LogP contribution is -2.27. The number of hydrogen-bond acceptors (Lipinski definition) is 2. The number of sulfonamides is 1. The summed E-state index contributed by atoms with van der Waals surface area (Å²) in [6.45, 7) is 0. The van der Waals surface area contributed by atoms with Gasteiger partial charge in [0.15, 0.2) is 0 Å². The third-order valence-electron chi connectivity index (χ3n) is 2.77. The Labute approximate surface area is 140 Å². The van der Waals surface area contributed by atoms with Crippen LogP contribution in [0.25, 0.3) is 0 Å². The fourth-order valence-electron chi connectivity index (χ4n) is 1.70. The van der Waals surface area contributed by atoms with Crippen LogP contribution in [-0.2, 0) is 10.0 Å². The first-order valence-electron chi connectivity index (χ1n) is 5.62. The highest BCUT2D eigenvalue weighted by Crippen LogP contribution is 2.35. The molecular formula is C13H9BrCl2FNO2S. The molecule has 112 valence electrons. The summed E-state index contributed by atoms with van der Waals surface area (Å²) in [6.07, 6.45) is 0. The molecule has 0 bridgehead atoms. The summed E-state index contributed by atoms with van der Waals surface area (Å²) in [6, 6.07) is 7.94. The minimum Gasteiger partial charge on any atom is -0.269 e. The molecule has 0 saturated heterocycles. The van der Waals surface area contributed by atoms with Gasteiger partial charge in [0.1, 0.15) is 10.7 Å². The largest absolute Gasteiger partial charge is 0.269 e. The van der Waals surface area contributed by atoms with Crippen LogP contribution >= 0.6 is 39.1 Å². The van der Waals surface area contributed by atoms with Gasteiger partial charge >= 0.3 is 0 Å². The van der Waals surface area contributed by atoms with Gasteiger partial charge in [0.25, 0.3) is 10.0 Å². The van der Waals surface area contributed by atoms with E-state index >= 15 is 0 Å². The van der Waals surface area contributed by atoms with Crippen molar-refractivity contribution >= 4 is 54.8 Å². The zero-order valence-electron chi connectivity index (χ0n) is 10.6. The SMILES string of the molecule is CN(c1ccc(F)cc1)S(=O)(=O)c1c(Cl)cc(Br)cc1Cl. The fraction of sp³-hybridized carbons (Fsp3) is 0.0769. The van der Waals surface area contributed by atoms with Gasteiger partial charge in [0.2, 0.25) is 0 Å². The highest BCUT2D eigenvalue weighted by molar-refractivity contribution is 9.10. The molecule has 2 aromatic rings. The van der Waals surface area contributed by atoms with E-state index in [1.807, 2.05) is 0 Å². The van der Waals surface area contributed by atoms with Crippen LogP contribution in [-0.4, -0.2) is 15.5 Å². The lowest BCUT2D eigenvalue weighted by atomic mass is 10.3. The molecule has 0 amide bonds. The van der Waals surface area contributed by atoms with Crippen LogP contribution < -0.4 is 4.31 Å². The maximum atomic E-state index is 12.9. The molecule has 0 radical (unpaired) electrons. The van der Waals surface area contributed by atoms with Crippen LogP contribution in [0.2, 0.25) is 10.0 Å². The number of hydrogen-bond donors (Lipinski definition) is 0. The lowest BCUT2D eigenvalue weighted by molar-refractivity contribution is 0.594. The van der Waals surface area contributed by atoms with Gasteiger partial charge in [-0.05, 0) is 36.4 Å². The van der Waals surface area contributed by atoms with Crippen molar-refractivity contribution < 1.29 is 12.8 Å². The fourth-order valence-corrected chi connectivity index (χ4v) is 4.78. The Balaban J connectivity index is 2.54. The maximum absolute atomic E-state index is 12.9. The Kier molecular flexibility index (Phi) is 4.82. The first-order valence-corrected chi connectivity index (χ1v) is 8.61. The Morgan fingerprint density at radius 2 is 1.57 bits per heavy atom. The molecule has 0 heterocycles. The zero-order chi connectivity index (χ0) is 15.8. The number of rotatable bonds is 3. The van der Waals surface area contributed by atoms with E-state index in [1.165, 1.54) is 43.4 Å². The predicted molar refractivity (Wildman–Crippen MR) is 86.2 cm³/mol. The first kappa shape index (κ1) is 16.5. The quantitative estimate of drug-likeness (QED) is 0.731. The summed E-state index contributed by atoms with van der Waals surface area (Å²) < 4.78 is 39.7. The van der Waals surface area contributed by atoms with Gasteiger partial charge in [-0.2, -0.15) is 0 Å². The highest BCUT2D eigenvalue weighted by Gasteiger charge is 2.27. The average Bonchev–Trinajstić information content (AvgIpc) is 2.37. The number of benzene rings is 2. The van der Waals surface area contributed by atoms with Gasteiger partial charge in [-0.25, -0.2) is 12.8 Å². The molecule has 0 aliphatic rings. The monoisotopic (exact) mass is 411 g/mol. The molecule has 0 saturated carbocycles. The molecule has 0 aromatic heterocycles. The minimum absolute atomic E-state index is 0.00309. The van der Waals surface area contributed by atoms with Crippen molar-refractivity contribution in [2.24, 2.45) is 0 Å². The van der Waals surface area contributed by atoms with Crippen molar-refractivity contribution in [3.63, 3.8) is 0 Å². The van der Waals surface area contributed by atoms with Crippen molar-refractivity contribution in [3.8, 4) is 0 Å². The predicted octanol–water partition coefficient (Wildman–Crippen LogP) is 4.72. The van der Waals surface area contributed by atoms with Gasteiger partial charge in [0, 0.05) is 11.5 Å². The van der Waals surface area contributed by atoms with Crippen LogP contribution in [0.4, 0.5) is 10.1 Å². The third kappa shape index (κ3) is 3.34. The van der Waals surface area contributed by atoms with E-state index in [-0.39, 0.29) is 14.9 Å². The molecule has 2 rings (SSSR count). The molecule has 0 fully saturated rings. The van der Waals surface area contributed by atoms with Crippen LogP contribution in [0.5, 0.6) is 0 Å². The van der Waals surface area contributed by atoms with Crippen molar-refractivity contribution in [1.82, 2.24) is 0 Å². The van der Waals surface area contributed by atoms with Crippen LogP contribution in [0.3, 0.4) is 0 Å². The Morgan fingerprint density at radius 1 is 1.10 bits per heavy atom. The normalized spacial score (nSPS) is 11.5. The van der Waals surface area contributed by atoms with Crippen LogP contribution in [0.1, 0.15) is 0 Å². The minimum atomic E-state index is -3.96.